The van der Waals surface area contributed by atoms with Crippen molar-refractivity contribution in [3.8, 4) is 0 Å². The van der Waals surface area contributed by atoms with E-state index in [2.05, 4.69) is 20.8 Å². The van der Waals surface area contributed by atoms with Gasteiger partial charge in [0.25, 0.3) is 0 Å². The Morgan fingerprint density at radius 2 is 2.12 bits per heavy atom. The summed E-state index contributed by atoms with van der Waals surface area (Å²) in [5.74, 6) is 0.873. The van der Waals surface area contributed by atoms with Gasteiger partial charge in [0.05, 0.1) is 11.1 Å². The van der Waals surface area contributed by atoms with Crippen molar-refractivity contribution in [2.45, 2.75) is 65.4 Å². The predicted octanol–water partition coefficient (Wildman–Crippen LogP) is 3.67. The number of thiocarbonyl (C=S) groups is 1. The molecule has 3 heteroatoms. The Labute approximate surface area is 111 Å². The van der Waals surface area contributed by atoms with Gasteiger partial charge >= 0.3 is 0 Å². The molecule has 2 atom stereocenters. The maximum absolute atomic E-state index is 5.99. The van der Waals surface area contributed by atoms with E-state index in [1.54, 1.807) is 0 Å². The summed E-state index contributed by atoms with van der Waals surface area (Å²) >= 11 is 5.06. The maximum atomic E-state index is 5.99. The highest BCUT2D eigenvalue weighted by atomic mass is 32.1. The normalized spacial score (nSPS) is 25.8. The van der Waals surface area contributed by atoms with Crippen LogP contribution in [0.15, 0.2) is 0 Å². The van der Waals surface area contributed by atoms with Gasteiger partial charge in [-0.15, -0.1) is 0 Å². The molecule has 1 rings (SSSR count). The third-order valence-electron chi connectivity index (χ3n) is 4.06. The molecule has 1 fully saturated rings. The Morgan fingerprint density at radius 3 is 2.71 bits per heavy atom. The molecule has 1 aliphatic rings. The van der Waals surface area contributed by atoms with Crippen LogP contribution in [-0.2, 0) is 4.74 Å². The maximum Gasteiger partial charge on any atom is 0.0785 e. The lowest BCUT2D eigenvalue weighted by molar-refractivity contribution is 0.00502. The van der Waals surface area contributed by atoms with E-state index in [4.69, 9.17) is 22.7 Å². The first-order chi connectivity index (χ1) is 7.95. The average Bonchev–Trinajstić information content (AvgIpc) is 2.29. The van der Waals surface area contributed by atoms with E-state index in [1.165, 1.54) is 32.1 Å². The zero-order valence-corrected chi connectivity index (χ0v) is 12.3. The first-order valence-electron chi connectivity index (χ1n) is 6.87. The number of rotatable bonds is 6. The van der Waals surface area contributed by atoms with Gasteiger partial charge in [0, 0.05) is 12.0 Å². The zero-order chi connectivity index (χ0) is 12.9. The molecule has 0 radical (unpaired) electrons. The molecule has 0 aromatic heterocycles. The number of nitrogens with two attached hydrogens (primary N) is 1. The van der Waals surface area contributed by atoms with Crippen molar-refractivity contribution >= 4 is 17.2 Å². The zero-order valence-electron chi connectivity index (χ0n) is 11.5. The van der Waals surface area contributed by atoms with Gasteiger partial charge in [-0.25, -0.2) is 0 Å². The van der Waals surface area contributed by atoms with Crippen LogP contribution in [0, 0.1) is 11.3 Å². The van der Waals surface area contributed by atoms with Crippen LogP contribution >= 0.6 is 12.2 Å². The first-order valence-corrected chi connectivity index (χ1v) is 7.28. The molecule has 0 bridgehead atoms. The fourth-order valence-electron chi connectivity index (χ4n) is 2.37. The number of hydrogen-bond acceptors (Lipinski definition) is 2. The molecule has 2 N–H and O–H groups in total. The van der Waals surface area contributed by atoms with Gasteiger partial charge in [0.15, 0.2) is 0 Å². The highest BCUT2D eigenvalue weighted by Crippen LogP contribution is 2.29. The van der Waals surface area contributed by atoms with Crippen LogP contribution in [0.5, 0.6) is 0 Å². The van der Waals surface area contributed by atoms with Gasteiger partial charge in [-0.3, -0.25) is 0 Å². The van der Waals surface area contributed by atoms with Gasteiger partial charge in [0.1, 0.15) is 0 Å². The molecule has 1 saturated carbocycles. The highest BCUT2D eigenvalue weighted by molar-refractivity contribution is 7.80. The molecule has 2 unspecified atom stereocenters. The van der Waals surface area contributed by atoms with Crippen LogP contribution in [0.1, 0.15) is 59.3 Å². The van der Waals surface area contributed by atoms with E-state index in [1.807, 2.05) is 0 Å². The monoisotopic (exact) mass is 257 g/mol. The standard InChI is InChI=1S/C14H27NOS/c1-4-11-6-5-7-12(10-11)16-9-8-14(2,3)13(15)17/h11-12H,4-10H2,1-3H3,(H2,15,17). The fourth-order valence-corrected chi connectivity index (χ4v) is 2.47. The molecule has 0 aromatic carbocycles. The topological polar surface area (TPSA) is 35.2 Å². The lowest BCUT2D eigenvalue weighted by Crippen LogP contribution is -2.32. The van der Waals surface area contributed by atoms with E-state index in [-0.39, 0.29) is 5.41 Å². The summed E-state index contributed by atoms with van der Waals surface area (Å²) in [7, 11) is 0. The van der Waals surface area contributed by atoms with Crippen molar-refractivity contribution in [3.05, 3.63) is 0 Å². The Balaban J connectivity index is 2.24. The number of hydrogen-bond donors (Lipinski definition) is 1. The largest absolute Gasteiger partial charge is 0.393 e. The summed E-state index contributed by atoms with van der Waals surface area (Å²) in [6.07, 6.45) is 7.86. The third-order valence-corrected chi connectivity index (χ3v) is 4.61. The predicted molar refractivity (Wildman–Crippen MR) is 77.2 cm³/mol. The summed E-state index contributed by atoms with van der Waals surface area (Å²) in [6.45, 7) is 7.25. The molecule has 0 amide bonds. The molecule has 2 nitrogen and oxygen atoms in total. The minimum absolute atomic E-state index is 0.0752. The summed E-state index contributed by atoms with van der Waals surface area (Å²) in [5, 5.41) is 0. The molecule has 0 saturated heterocycles. The minimum atomic E-state index is -0.0752. The second-order valence-corrected chi connectivity index (χ2v) is 6.37. The van der Waals surface area contributed by atoms with Gasteiger partial charge in [-0.1, -0.05) is 52.3 Å². The van der Waals surface area contributed by atoms with E-state index in [9.17, 15) is 0 Å². The van der Waals surface area contributed by atoms with Gasteiger partial charge in [-0.05, 0) is 25.2 Å². The molecule has 1 aliphatic carbocycles. The van der Waals surface area contributed by atoms with Crippen LogP contribution in [-0.4, -0.2) is 17.7 Å². The van der Waals surface area contributed by atoms with Crippen LogP contribution < -0.4 is 5.73 Å². The molecule has 17 heavy (non-hydrogen) atoms. The Hall–Kier alpha value is -0.150. The smallest absolute Gasteiger partial charge is 0.0785 e. The Bertz CT molecular complexity index is 253. The average molecular weight is 257 g/mol. The van der Waals surface area contributed by atoms with E-state index >= 15 is 0 Å². The quantitative estimate of drug-likeness (QED) is 0.737. The highest BCUT2D eigenvalue weighted by Gasteiger charge is 2.24. The number of ether oxygens (including phenoxy) is 1. The van der Waals surface area contributed by atoms with E-state index in [0.29, 0.717) is 11.1 Å². The van der Waals surface area contributed by atoms with Crippen LogP contribution in [0.3, 0.4) is 0 Å². The molecule has 0 spiro atoms. The second-order valence-electron chi connectivity index (χ2n) is 5.93. The molecular weight excluding hydrogens is 230 g/mol. The van der Waals surface area contributed by atoms with E-state index < -0.39 is 0 Å². The molecule has 0 aromatic rings. The Kier molecular flexibility index (Phi) is 5.87. The van der Waals surface area contributed by atoms with Gasteiger partial charge < -0.3 is 10.5 Å². The second kappa shape index (κ2) is 6.69. The lowest BCUT2D eigenvalue weighted by Gasteiger charge is -2.30. The molecule has 0 heterocycles. The van der Waals surface area contributed by atoms with Crippen LogP contribution in [0.4, 0.5) is 0 Å². The van der Waals surface area contributed by atoms with Crippen LogP contribution in [0.25, 0.3) is 0 Å². The van der Waals surface area contributed by atoms with Crippen LogP contribution in [0.2, 0.25) is 0 Å². The van der Waals surface area contributed by atoms with Gasteiger partial charge in [-0.2, -0.15) is 0 Å². The van der Waals surface area contributed by atoms with Crippen molar-refractivity contribution in [1.29, 1.82) is 0 Å². The summed E-state index contributed by atoms with van der Waals surface area (Å²) in [6, 6.07) is 0. The molecule has 100 valence electrons. The molecular formula is C14H27NOS. The first kappa shape index (κ1) is 14.9. The van der Waals surface area contributed by atoms with Crippen molar-refractivity contribution in [2.24, 2.45) is 17.1 Å². The minimum Gasteiger partial charge on any atom is -0.393 e. The lowest BCUT2D eigenvalue weighted by atomic mass is 9.85. The van der Waals surface area contributed by atoms with Crippen molar-refractivity contribution < 1.29 is 4.74 Å². The summed E-state index contributed by atoms with van der Waals surface area (Å²) in [5.41, 5.74) is 5.63. The molecule has 0 aliphatic heterocycles. The summed E-state index contributed by atoms with van der Waals surface area (Å²) in [4.78, 5) is 0.594. The van der Waals surface area contributed by atoms with E-state index in [0.717, 1.165) is 18.9 Å². The third kappa shape index (κ3) is 4.92. The van der Waals surface area contributed by atoms with Gasteiger partial charge in [0.2, 0.25) is 0 Å². The Morgan fingerprint density at radius 1 is 1.41 bits per heavy atom. The fraction of sp³-hybridized carbons (Fsp3) is 0.929. The SMILES string of the molecule is CCC1CCCC(OCCC(C)(C)C(N)=S)C1. The summed E-state index contributed by atoms with van der Waals surface area (Å²) < 4.78 is 5.99. The van der Waals surface area contributed by atoms with Crippen molar-refractivity contribution in [2.75, 3.05) is 6.61 Å². The van der Waals surface area contributed by atoms with Crippen molar-refractivity contribution in [3.63, 3.8) is 0 Å². The van der Waals surface area contributed by atoms with Crippen molar-refractivity contribution in [1.82, 2.24) is 0 Å².